The molecule has 0 aliphatic heterocycles. The summed E-state index contributed by atoms with van der Waals surface area (Å²) in [6.07, 6.45) is -3.03. The van der Waals surface area contributed by atoms with Crippen molar-refractivity contribution in [3.8, 4) is 5.69 Å². The predicted octanol–water partition coefficient (Wildman–Crippen LogP) is 4.50. The van der Waals surface area contributed by atoms with Crippen LogP contribution in [-0.4, -0.2) is 20.4 Å². The van der Waals surface area contributed by atoms with Gasteiger partial charge in [-0.2, -0.15) is 13.2 Å². The maximum atomic E-state index is 14.4. The van der Waals surface area contributed by atoms with Crippen LogP contribution in [0.1, 0.15) is 21.7 Å². The molecule has 10 heteroatoms. The SMILES string of the molecule is Cc1nc2ncccc2c(=O)n1-c1ccc(F)c(NC(=O)c2ccc(C(F)(F)F)cc2)c1. The van der Waals surface area contributed by atoms with Gasteiger partial charge in [0.15, 0.2) is 5.65 Å². The Morgan fingerprint density at radius 2 is 1.78 bits per heavy atom. The van der Waals surface area contributed by atoms with Gasteiger partial charge in [0.25, 0.3) is 11.5 Å². The first-order valence-corrected chi connectivity index (χ1v) is 9.28. The molecule has 0 saturated carbocycles. The zero-order valence-corrected chi connectivity index (χ0v) is 16.4. The molecule has 0 saturated heterocycles. The van der Waals surface area contributed by atoms with Crippen LogP contribution < -0.4 is 10.9 Å². The fourth-order valence-electron chi connectivity index (χ4n) is 3.18. The number of carbonyl (C=O) groups excluding carboxylic acids is 1. The molecule has 1 N–H and O–H groups in total. The number of aryl methyl sites for hydroxylation is 1. The van der Waals surface area contributed by atoms with Gasteiger partial charge in [-0.05, 0) is 61.5 Å². The summed E-state index contributed by atoms with van der Waals surface area (Å²) in [6.45, 7) is 1.58. The molecule has 0 bridgehead atoms. The molecule has 0 fully saturated rings. The summed E-state index contributed by atoms with van der Waals surface area (Å²) in [5.74, 6) is -1.29. The zero-order chi connectivity index (χ0) is 23.0. The lowest BCUT2D eigenvalue weighted by Crippen LogP contribution is -2.23. The van der Waals surface area contributed by atoms with Gasteiger partial charge in [0, 0.05) is 11.8 Å². The molecule has 2 aromatic heterocycles. The molecule has 0 spiro atoms. The van der Waals surface area contributed by atoms with Gasteiger partial charge in [-0.1, -0.05) is 0 Å². The van der Waals surface area contributed by atoms with E-state index >= 15 is 0 Å². The quantitative estimate of drug-likeness (QED) is 0.474. The number of pyridine rings is 1. The lowest BCUT2D eigenvalue weighted by molar-refractivity contribution is -0.137. The number of hydrogen-bond acceptors (Lipinski definition) is 4. The number of fused-ring (bicyclic) bond motifs is 1. The van der Waals surface area contributed by atoms with Gasteiger partial charge in [-0.3, -0.25) is 14.2 Å². The number of amides is 1. The molecule has 0 unspecified atom stereocenters. The molecule has 2 aromatic carbocycles. The molecular formula is C22H14F4N4O2. The van der Waals surface area contributed by atoms with E-state index in [4.69, 9.17) is 0 Å². The monoisotopic (exact) mass is 442 g/mol. The molecule has 2 heterocycles. The number of anilines is 1. The molecule has 4 aromatic rings. The molecule has 1 amide bonds. The average Bonchev–Trinajstić information content (AvgIpc) is 2.75. The zero-order valence-electron chi connectivity index (χ0n) is 16.4. The van der Waals surface area contributed by atoms with Crippen molar-refractivity contribution < 1.29 is 22.4 Å². The standard InChI is InChI=1S/C22H14F4N4O2/c1-12-28-19-16(3-2-10-27-19)21(32)30(12)15-8-9-17(23)18(11-15)29-20(31)13-4-6-14(7-5-13)22(24,25)26/h2-11H,1H3,(H,29,31). The molecule has 0 aliphatic carbocycles. The van der Waals surface area contributed by atoms with Crippen molar-refractivity contribution >= 4 is 22.6 Å². The van der Waals surface area contributed by atoms with Crippen LogP contribution in [0.25, 0.3) is 16.7 Å². The Hall–Kier alpha value is -4.08. The summed E-state index contributed by atoms with van der Waals surface area (Å²) in [5.41, 5.74) is -1.15. The van der Waals surface area contributed by atoms with Crippen LogP contribution in [0.2, 0.25) is 0 Å². The van der Waals surface area contributed by atoms with Crippen molar-refractivity contribution in [2.24, 2.45) is 0 Å². The number of nitrogens with one attached hydrogen (secondary N) is 1. The summed E-state index contributed by atoms with van der Waals surface area (Å²) < 4.78 is 53.7. The fraction of sp³-hybridized carbons (Fsp3) is 0.0909. The van der Waals surface area contributed by atoms with E-state index in [-0.39, 0.29) is 28.0 Å². The molecule has 6 nitrogen and oxygen atoms in total. The highest BCUT2D eigenvalue weighted by molar-refractivity contribution is 6.04. The van der Waals surface area contributed by atoms with Crippen LogP contribution in [-0.2, 0) is 6.18 Å². The average molecular weight is 442 g/mol. The highest BCUT2D eigenvalue weighted by Crippen LogP contribution is 2.29. The molecule has 0 aliphatic rings. The van der Waals surface area contributed by atoms with Crippen molar-refractivity contribution in [3.63, 3.8) is 0 Å². The Morgan fingerprint density at radius 1 is 1.06 bits per heavy atom. The minimum Gasteiger partial charge on any atom is -0.319 e. The van der Waals surface area contributed by atoms with E-state index in [9.17, 15) is 27.2 Å². The molecular weight excluding hydrogens is 428 g/mol. The number of carbonyl (C=O) groups is 1. The minimum absolute atomic E-state index is 0.0883. The van der Waals surface area contributed by atoms with Crippen molar-refractivity contribution in [1.29, 1.82) is 0 Å². The Kier molecular flexibility index (Phi) is 5.21. The fourth-order valence-corrected chi connectivity index (χ4v) is 3.18. The first kappa shape index (κ1) is 21.2. The van der Waals surface area contributed by atoms with Gasteiger partial charge in [0.2, 0.25) is 0 Å². The summed E-state index contributed by atoms with van der Waals surface area (Å²) in [7, 11) is 0. The van der Waals surface area contributed by atoms with Gasteiger partial charge in [0.05, 0.1) is 22.3 Å². The Morgan fingerprint density at radius 3 is 2.47 bits per heavy atom. The summed E-state index contributed by atoms with van der Waals surface area (Å²) >= 11 is 0. The number of alkyl halides is 3. The third kappa shape index (κ3) is 3.94. The van der Waals surface area contributed by atoms with Crippen LogP contribution in [0.4, 0.5) is 23.2 Å². The molecule has 0 atom stereocenters. The maximum Gasteiger partial charge on any atom is 0.416 e. The van der Waals surface area contributed by atoms with Crippen LogP contribution in [0, 0.1) is 12.7 Å². The molecule has 0 radical (unpaired) electrons. The van der Waals surface area contributed by atoms with E-state index in [0.29, 0.717) is 5.82 Å². The number of halogens is 4. The Labute approximate surface area is 178 Å². The van der Waals surface area contributed by atoms with E-state index < -0.39 is 29.0 Å². The summed E-state index contributed by atoms with van der Waals surface area (Å²) in [4.78, 5) is 33.7. The van der Waals surface area contributed by atoms with E-state index in [1.54, 1.807) is 19.1 Å². The van der Waals surface area contributed by atoms with Gasteiger partial charge in [-0.15, -0.1) is 0 Å². The first-order valence-electron chi connectivity index (χ1n) is 9.28. The highest BCUT2D eigenvalue weighted by atomic mass is 19.4. The largest absolute Gasteiger partial charge is 0.416 e. The molecule has 4 rings (SSSR count). The normalized spacial score (nSPS) is 11.5. The second-order valence-corrected chi connectivity index (χ2v) is 6.87. The maximum absolute atomic E-state index is 14.4. The number of rotatable bonds is 3. The third-order valence-electron chi connectivity index (χ3n) is 4.74. The summed E-state index contributed by atoms with van der Waals surface area (Å²) in [5, 5.41) is 2.59. The van der Waals surface area contributed by atoms with Gasteiger partial charge in [0.1, 0.15) is 11.6 Å². The topological polar surface area (TPSA) is 76.9 Å². The van der Waals surface area contributed by atoms with Crippen LogP contribution in [0.15, 0.2) is 65.6 Å². The first-order chi connectivity index (χ1) is 15.1. The second-order valence-electron chi connectivity index (χ2n) is 6.87. The van der Waals surface area contributed by atoms with Crippen molar-refractivity contribution in [2.45, 2.75) is 13.1 Å². The lowest BCUT2D eigenvalue weighted by Gasteiger charge is -2.13. The lowest BCUT2D eigenvalue weighted by atomic mass is 10.1. The number of aromatic nitrogens is 3. The van der Waals surface area contributed by atoms with E-state index in [0.717, 1.165) is 30.3 Å². The van der Waals surface area contributed by atoms with Crippen molar-refractivity contribution in [1.82, 2.24) is 14.5 Å². The summed E-state index contributed by atoms with van der Waals surface area (Å²) in [6, 6.07) is 10.3. The van der Waals surface area contributed by atoms with Crippen LogP contribution >= 0.6 is 0 Å². The predicted molar refractivity (Wildman–Crippen MR) is 109 cm³/mol. The van der Waals surface area contributed by atoms with Crippen molar-refractivity contribution in [2.75, 3.05) is 5.32 Å². The van der Waals surface area contributed by atoms with Crippen molar-refractivity contribution in [3.05, 3.63) is 93.9 Å². The highest BCUT2D eigenvalue weighted by Gasteiger charge is 2.30. The van der Waals surface area contributed by atoms with Crippen LogP contribution in [0.3, 0.4) is 0 Å². The number of benzene rings is 2. The van der Waals surface area contributed by atoms with Crippen LogP contribution in [0.5, 0.6) is 0 Å². The minimum atomic E-state index is -4.54. The van der Waals surface area contributed by atoms with Gasteiger partial charge in [-0.25, -0.2) is 14.4 Å². The smallest absolute Gasteiger partial charge is 0.319 e. The third-order valence-corrected chi connectivity index (χ3v) is 4.74. The molecule has 32 heavy (non-hydrogen) atoms. The van der Waals surface area contributed by atoms with Gasteiger partial charge < -0.3 is 5.32 Å². The van der Waals surface area contributed by atoms with Gasteiger partial charge >= 0.3 is 6.18 Å². The van der Waals surface area contributed by atoms with E-state index in [2.05, 4.69) is 15.3 Å². The second kappa shape index (κ2) is 7.88. The number of nitrogens with zero attached hydrogens (tertiary/aromatic N) is 3. The Balaban J connectivity index is 1.69. The molecule has 162 valence electrons. The number of hydrogen-bond donors (Lipinski definition) is 1. The Bertz CT molecular complexity index is 1400. The van der Waals surface area contributed by atoms with E-state index in [1.807, 2.05) is 0 Å². The van der Waals surface area contributed by atoms with E-state index in [1.165, 1.54) is 22.9 Å².